The molecule has 1 heteroatoms. The Morgan fingerprint density at radius 2 is 1.15 bits per heavy atom. The van der Waals surface area contributed by atoms with E-state index in [9.17, 15) is 0 Å². The van der Waals surface area contributed by atoms with Crippen LogP contribution >= 0.6 is 0 Å². The van der Waals surface area contributed by atoms with Gasteiger partial charge >= 0.3 is 0 Å². The summed E-state index contributed by atoms with van der Waals surface area (Å²) in [6.07, 6.45) is 4.01. The molecule has 0 bridgehead atoms. The summed E-state index contributed by atoms with van der Waals surface area (Å²) in [6, 6.07) is 0. The molecule has 0 heterocycles. The summed E-state index contributed by atoms with van der Waals surface area (Å²) < 4.78 is 0. The lowest BCUT2D eigenvalue weighted by Crippen LogP contribution is -2.06. The van der Waals surface area contributed by atoms with Gasteiger partial charge in [-0.05, 0) is 20.0 Å². The first kappa shape index (κ1) is 23.1. The fourth-order valence-electron chi connectivity index (χ4n) is 0.552. The Labute approximate surface area is 87.3 Å². The van der Waals surface area contributed by atoms with E-state index in [4.69, 9.17) is 0 Å². The average molecular weight is 191 g/mol. The molecular weight excluding hydrogens is 158 g/mol. The van der Waals surface area contributed by atoms with Gasteiger partial charge in [0.15, 0.2) is 0 Å². The lowest BCUT2D eigenvalue weighted by molar-refractivity contribution is 0.667. The molecule has 0 amide bonds. The normalized spacial score (nSPS) is 6.46. The SMILES string of the molecule is CC.CC.CC.CCCCCNC. The Morgan fingerprint density at radius 1 is 0.769 bits per heavy atom. The molecule has 0 fully saturated rings. The summed E-state index contributed by atoms with van der Waals surface area (Å²) in [4.78, 5) is 0. The second-order valence-corrected chi connectivity index (χ2v) is 1.81. The van der Waals surface area contributed by atoms with Crippen molar-refractivity contribution in [1.29, 1.82) is 0 Å². The van der Waals surface area contributed by atoms with E-state index in [0.29, 0.717) is 0 Å². The third kappa shape index (κ3) is 75.7. The van der Waals surface area contributed by atoms with E-state index < -0.39 is 0 Å². The van der Waals surface area contributed by atoms with Crippen LogP contribution in [-0.4, -0.2) is 13.6 Å². The number of rotatable bonds is 4. The first-order valence-corrected chi connectivity index (χ1v) is 6.06. The summed E-state index contributed by atoms with van der Waals surface area (Å²) >= 11 is 0. The average Bonchev–Trinajstić information content (AvgIpc) is 2.27. The lowest BCUT2D eigenvalue weighted by Gasteiger charge is -1.93. The summed E-state index contributed by atoms with van der Waals surface area (Å²) in [5, 5.41) is 3.10. The molecule has 0 aliphatic rings. The van der Waals surface area contributed by atoms with Crippen LogP contribution in [0.1, 0.15) is 67.7 Å². The molecule has 0 radical (unpaired) electrons. The highest BCUT2D eigenvalue weighted by Crippen LogP contribution is 1.89. The van der Waals surface area contributed by atoms with Gasteiger partial charge in [-0.25, -0.2) is 0 Å². The van der Waals surface area contributed by atoms with E-state index in [1.807, 2.05) is 48.6 Å². The number of nitrogens with one attached hydrogen (secondary N) is 1. The van der Waals surface area contributed by atoms with Crippen LogP contribution in [0.5, 0.6) is 0 Å². The van der Waals surface area contributed by atoms with Crippen LogP contribution in [0.15, 0.2) is 0 Å². The van der Waals surface area contributed by atoms with Gasteiger partial charge in [-0.15, -0.1) is 0 Å². The minimum absolute atomic E-state index is 1.17. The monoisotopic (exact) mass is 191 g/mol. The van der Waals surface area contributed by atoms with E-state index >= 15 is 0 Å². The zero-order chi connectivity index (χ0) is 11.5. The molecule has 0 aromatic carbocycles. The summed E-state index contributed by atoms with van der Waals surface area (Å²) in [6.45, 7) is 15.4. The maximum Gasteiger partial charge on any atom is -0.00519 e. The zero-order valence-corrected chi connectivity index (χ0v) is 11.3. The molecule has 1 N–H and O–H groups in total. The molecule has 0 saturated heterocycles. The van der Waals surface area contributed by atoms with Crippen molar-refractivity contribution in [2.45, 2.75) is 67.7 Å². The quantitative estimate of drug-likeness (QED) is 0.646. The molecule has 0 spiro atoms. The van der Waals surface area contributed by atoms with Crippen molar-refractivity contribution in [3.05, 3.63) is 0 Å². The van der Waals surface area contributed by atoms with Gasteiger partial charge < -0.3 is 5.32 Å². The van der Waals surface area contributed by atoms with Crippen LogP contribution < -0.4 is 5.32 Å². The molecule has 0 aliphatic carbocycles. The second-order valence-electron chi connectivity index (χ2n) is 1.81. The van der Waals surface area contributed by atoms with E-state index in [2.05, 4.69) is 12.2 Å². The third-order valence-corrected chi connectivity index (χ3v) is 1.03. The Bertz CT molecular complexity index is 24.3. The molecule has 0 aromatic rings. The minimum atomic E-state index is 1.17. The first-order valence-electron chi connectivity index (χ1n) is 6.06. The smallest absolute Gasteiger partial charge is 0.00519 e. The molecule has 0 rings (SSSR count). The standard InChI is InChI=1S/C6H15N.3C2H6/c1-3-4-5-6-7-2;3*1-2/h7H,3-6H2,1-2H3;3*1-2H3. The molecule has 0 unspecified atom stereocenters. The molecule has 0 atom stereocenters. The van der Waals surface area contributed by atoms with Crippen molar-refractivity contribution in [3.8, 4) is 0 Å². The van der Waals surface area contributed by atoms with Gasteiger partial charge in [0.05, 0.1) is 0 Å². The van der Waals surface area contributed by atoms with E-state index in [1.165, 1.54) is 25.8 Å². The molecule has 0 saturated carbocycles. The Balaban J connectivity index is -0.0000000573. The maximum absolute atomic E-state index is 3.10. The Hall–Kier alpha value is -0.0400. The first-order chi connectivity index (χ1) is 6.41. The fraction of sp³-hybridized carbons (Fsp3) is 1.00. The molecule has 86 valence electrons. The molecule has 13 heavy (non-hydrogen) atoms. The molecule has 0 aromatic heterocycles. The summed E-state index contributed by atoms with van der Waals surface area (Å²) in [5.41, 5.74) is 0. The zero-order valence-electron chi connectivity index (χ0n) is 11.3. The van der Waals surface area contributed by atoms with Crippen molar-refractivity contribution < 1.29 is 0 Å². The summed E-state index contributed by atoms with van der Waals surface area (Å²) in [5.74, 6) is 0. The van der Waals surface area contributed by atoms with Gasteiger partial charge in [-0.3, -0.25) is 0 Å². The lowest BCUT2D eigenvalue weighted by atomic mass is 10.2. The van der Waals surface area contributed by atoms with Gasteiger partial charge in [0.1, 0.15) is 0 Å². The fourth-order valence-corrected chi connectivity index (χ4v) is 0.552. The van der Waals surface area contributed by atoms with E-state index in [1.54, 1.807) is 0 Å². The highest BCUT2D eigenvalue weighted by Gasteiger charge is 1.78. The predicted octanol–water partition coefficient (Wildman–Crippen LogP) is 4.47. The van der Waals surface area contributed by atoms with Gasteiger partial charge in [0.25, 0.3) is 0 Å². The van der Waals surface area contributed by atoms with Crippen molar-refractivity contribution in [2.24, 2.45) is 0 Å². The third-order valence-electron chi connectivity index (χ3n) is 1.03. The van der Waals surface area contributed by atoms with Crippen molar-refractivity contribution in [3.63, 3.8) is 0 Å². The van der Waals surface area contributed by atoms with Crippen LogP contribution in [0.3, 0.4) is 0 Å². The predicted molar refractivity (Wildman–Crippen MR) is 67.5 cm³/mol. The van der Waals surface area contributed by atoms with Gasteiger partial charge in [-0.1, -0.05) is 61.3 Å². The van der Waals surface area contributed by atoms with Crippen LogP contribution in [0.25, 0.3) is 0 Å². The van der Waals surface area contributed by atoms with Crippen LogP contribution in [-0.2, 0) is 0 Å². The topological polar surface area (TPSA) is 12.0 Å². The van der Waals surface area contributed by atoms with Crippen LogP contribution in [0.2, 0.25) is 0 Å². The van der Waals surface area contributed by atoms with Crippen LogP contribution in [0.4, 0.5) is 0 Å². The van der Waals surface area contributed by atoms with E-state index in [0.717, 1.165) is 0 Å². The summed E-state index contributed by atoms with van der Waals surface area (Å²) in [7, 11) is 2.00. The number of unbranched alkanes of at least 4 members (excludes halogenated alkanes) is 2. The number of hydrogen-bond donors (Lipinski definition) is 1. The van der Waals surface area contributed by atoms with Crippen molar-refractivity contribution in [2.75, 3.05) is 13.6 Å². The van der Waals surface area contributed by atoms with Crippen LogP contribution in [0, 0.1) is 0 Å². The van der Waals surface area contributed by atoms with Crippen molar-refractivity contribution in [1.82, 2.24) is 5.32 Å². The Morgan fingerprint density at radius 3 is 1.38 bits per heavy atom. The molecule has 1 nitrogen and oxygen atoms in total. The highest BCUT2D eigenvalue weighted by atomic mass is 14.8. The molecule has 0 aliphatic heterocycles. The number of hydrogen-bond acceptors (Lipinski definition) is 1. The second kappa shape index (κ2) is 58.4. The Kier molecular flexibility index (Phi) is 104. The largest absolute Gasteiger partial charge is 0.320 e. The highest BCUT2D eigenvalue weighted by molar-refractivity contribution is 4.39. The van der Waals surface area contributed by atoms with Gasteiger partial charge in [0.2, 0.25) is 0 Å². The van der Waals surface area contributed by atoms with Crippen molar-refractivity contribution >= 4 is 0 Å². The minimum Gasteiger partial charge on any atom is -0.320 e. The van der Waals surface area contributed by atoms with Gasteiger partial charge in [0, 0.05) is 0 Å². The maximum atomic E-state index is 3.10. The molecular formula is C12H33N. The van der Waals surface area contributed by atoms with E-state index in [-0.39, 0.29) is 0 Å². The van der Waals surface area contributed by atoms with Gasteiger partial charge in [-0.2, -0.15) is 0 Å².